The molecular formula is C10H14Cl2N2S. The fourth-order valence-electron chi connectivity index (χ4n) is 1.01. The van der Waals surface area contributed by atoms with E-state index in [1.807, 2.05) is 12.2 Å². The van der Waals surface area contributed by atoms with Gasteiger partial charge in [-0.15, -0.1) is 11.3 Å². The summed E-state index contributed by atoms with van der Waals surface area (Å²) in [6.07, 6.45) is 3.97. The van der Waals surface area contributed by atoms with Gasteiger partial charge in [-0.25, -0.2) is 4.98 Å². The van der Waals surface area contributed by atoms with E-state index in [4.69, 9.17) is 23.2 Å². The van der Waals surface area contributed by atoms with Gasteiger partial charge in [-0.3, -0.25) is 0 Å². The maximum absolute atomic E-state index is 5.85. The van der Waals surface area contributed by atoms with Gasteiger partial charge in [-0.2, -0.15) is 0 Å². The molecule has 0 aromatic carbocycles. The summed E-state index contributed by atoms with van der Waals surface area (Å²) in [6, 6.07) is 0. The molecule has 0 saturated carbocycles. The lowest BCUT2D eigenvalue weighted by Crippen LogP contribution is -2.19. The Morgan fingerprint density at radius 1 is 1.47 bits per heavy atom. The normalized spacial score (nSPS) is 11.8. The molecule has 1 aromatic rings. The molecule has 0 atom stereocenters. The van der Waals surface area contributed by atoms with Gasteiger partial charge in [0.2, 0.25) is 0 Å². The van der Waals surface area contributed by atoms with Gasteiger partial charge in [0.1, 0.15) is 5.15 Å². The number of rotatable bonds is 5. The second-order valence-electron chi connectivity index (χ2n) is 3.58. The molecule has 1 aromatic heterocycles. The fraction of sp³-hybridized carbons (Fsp3) is 0.500. The Balaban J connectivity index is 2.35. The van der Waals surface area contributed by atoms with Crippen molar-refractivity contribution in [1.82, 2.24) is 10.3 Å². The second-order valence-corrected chi connectivity index (χ2v) is 5.55. The first-order valence-electron chi connectivity index (χ1n) is 4.78. The van der Waals surface area contributed by atoms with Crippen LogP contribution in [0.25, 0.3) is 6.08 Å². The molecule has 0 radical (unpaired) electrons. The Bertz CT molecular complexity index is 334. The van der Waals surface area contributed by atoms with Crippen molar-refractivity contribution in [3.05, 3.63) is 20.6 Å². The zero-order chi connectivity index (χ0) is 11.3. The van der Waals surface area contributed by atoms with Crippen LogP contribution in [0.15, 0.2) is 6.08 Å². The minimum atomic E-state index is 0.477. The van der Waals surface area contributed by atoms with Crippen molar-refractivity contribution >= 4 is 40.6 Å². The van der Waals surface area contributed by atoms with Crippen molar-refractivity contribution in [2.24, 2.45) is 5.92 Å². The van der Waals surface area contributed by atoms with E-state index in [0.717, 1.165) is 18.0 Å². The van der Waals surface area contributed by atoms with E-state index in [2.05, 4.69) is 24.1 Å². The molecule has 0 aliphatic heterocycles. The van der Waals surface area contributed by atoms with Gasteiger partial charge in [0, 0.05) is 6.54 Å². The largest absolute Gasteiger partial charge is 0.313 e. The molecule has 0 spiro atoms. The highest BCUT2D eigenvalue weighted by Crippen LogP contribution is 2.27. The van der Waals surface area contributed by atoms with Crippen molar-refractivity contribution in [3.8, 4) is 0 Å². The third-order valence-electron chi connectivity index (χ3n) is 1.67. The van der Waals surface area contributed by atoms with Gasteiger partial charge in [0.15, 0.2) is 4.47 Å². The first-order valence-corrected chi connectivity index (χ1v) is 6.36. The Morgan fingerprint density at radius 3 is 2.73 bits per heavy atom. The first kappa shape index (κ1) is 13.0. The number of aromatic nitrogens is 1. The summed E-state index contributed by atoms with van der Waals surface area (Å²) in [5, 5.41) is 3.78. The molecule has 0 bridgehead atoms. The van der Waals surface area contributed by atoms with Crippen LogP contribution in [-0.4, -0.2) is 18.1 Å². The molecule has 0 fully saturated rings. The van der Waals surface area contributed by atoms with Crippen LogP contribution in [0, 0.1) is 5.92 Å². The number of nitrogens with zero attached hydrogens (tertiary/aromatic N) is 1. The third kappa shape index (κ3) is 4.98. The Labute approximate surface area is 104 Å². The summed E-state index contributed by atoms with van der Waals surface area (Å²) in [5.74, 6) is 0.667. The van der Waals surface area contributed by atoms with Crippen LogP contribution in [0.1, 0.15) is 18.7 Å². The maximum atomic E-state index is 5.85. The number of nitrogens with one attached hydrogen (secondary N) is 1. The van der Waals surface area contributed by atoms with Crippen LogP contribution in [0.4, 0.5) is 0 Å². The summed E-state index contributed by atoms with van der Waals surface area (Å²) in [5.41, 5.74) is 0. The van der Waals surface area contributed by atoms with Crippen LogP contribution in [-0.2, 0) is 0 Å². The topological polar surface area (TPSA) is 24.9 Å². The van der Waals surface area contributed by atoms with E-state index in [1.165, 1.54) is 11.3 Å². The van der Waals surface area contributed by atoms with E-state index in [9.17, 15) is 0 Å². The number of halogens is 2. The average Bonchev–Trinajstić information content (AvgIpc) is 2.44. The van der Waals surface area contributed by atoms with E-state index >= 15 is 0 Å². The molecule has 0 amide bonds. The zero-order valence-electron chi connectivity index (χ0n) is 8.76. The van der Waals surface area contributed by atoms with E-state index in [-0.39, 0.29) is 0 Å². The molecule has 0 aliphatic rings. The molecule has 1 heterocycles. The Morgan fingerprint density at radius 2 is 2.20 bits per heavy atom. The summed E-state index contributed by atoms with van der Waals surface area (Å²) < 4.78 is 0.481. The van der Waals surface area contributed by atoms with Gasteiger partial charge in [-0.1, -0.05) is 43.1 Å². The Kier molecular flexibility index (Phi) is 5.61. The highest BCUT2D eigenvalue weighted by Gasteiger charge is 2.03. The van der Waals surface area contributed by atoms with Crippen molar-refractivity contribution in [2.45, 2.75) is 13.8 Å². The molecule has 1 rings (SSSR count). The lowest BCUT2D eigenvalue weighted by atomic mass is 10.2. The minimum absolute atomic E-state index is 0.477. The summed E-state index contributed by atoms with van der Waals surface area (Å²) in [6.45, 7) is 6.21. The highest BCUT2D eigenvalue weighted by atomic mass is 35.5. The van der Waals surface area contributed by atoms with Crippen molar-refractivity contribution in [3.63, 3.8) is 0 Å². The lowest BCUT2D eigenvalue weighted by Gasteiger charge is -2.03. The quantitative estimate of drug-likeness (QED) is 0.821. The first-order chi connectivity index (χ1) is 7.09. The van der Waals surface area contributed by atoms with Gasteiger partial charge in [0.25, 0.3) is 0 Å². The van der Waals surface area contributed by atoms with Crippen molar-refractivity contribution < 1.29 is 0 Å². The minimum Gasteiger partial charge on any atom is -0.313 e. The fourth-order valence-corrected chi connectivity index (χ4v) is 2.32. The van der Waals surface area contributed by atoms with Gasteiger partial charge in [-0.05, 0) is 18.5 Å². The highest BCUT2D eigenvalue weighted by molar-refractivity contribution is 7.17. The Hall–Kier alpha value is -0.0900. The standard InChI is InChI=1S/C10H14Cl2N2S/c1-7(2)6-13-5-3-4-8-9(11)14-10(12)15-8/h3-4,7,13H,5-6H2,1-2H3. The second kappa shape index (κ2) is 6.48. The monoisotopic (exact) mass is 264 g/mol. The summed E-state index contributed by atoms with van der Waals surface area (Å²) in [7, 11) is 0. The molecule has 5 heteroatoms. The molecular weight excluding hydrogens is 251 g/mol. The van der Waals surface area contributed by atoms with Crippen LogP contribution < -0.4 is 5.32 Å². The van der Waals surface area contributed by atoms with Crippen LogP contribution in [0.5, 0.6) is 0 Å². The third-order valence-corrected chi connectivity index (χ3v) is 3.19. The predicted octanol–water partition coefficient (Wildman–Crippen LogP) is 3.71. The molecule has 0 aliphatic carbocycles. The van der Waals surface area contributed by atoms with E-state index in [0.29, 0.717) is 15.5 Å². The molecule has 0 unspecified atom stereocenters. The van der Waals surface area contributed by atoms with E-state index < -0.39 is 0 Å². The molecule has 15 heavy (non-hydrogen) atoms. The molecule has 0 saturated heterocycles. The van der Waals surface area contributed by atoms with E-state index in [1.54, 1.807) is 0 Å². The van der Waals surface area contributed by atoms with Crippen molar-refractivity contribution in [2.75, 3.05) is 13.1 Å². The van der Waals surface area contributed by atoms with Gasteiger partial charge < -0.3 is 5.32 Å². The zero-order valence-corrected chi connectivity index (χ0v) is 11.1. The van der Waals surface area contributed by atoms with Crippen LogP contribution >= 0.6 is 34.5 Å². The SMILES string of the molecule is CC(C)CNCC=Cc1sc(Cl)nc1Cl. The lowest BCUT2D eigenvalue weighted by molar-refractivity contribution is 0.577. The van der Waals surface area contributed by atoms with Crippen LogP contribution in [0.3, 0.4) is 0 Å². The van der Waals surface area contributed by atoms with Crippen LogP contribution in [0.2, 0.25) is 9.62 Å². The van der Waals surface area contributed by atoms with Gasteiger partial charge >= 0.3 is 0 Å². The molecule has 84 valence electrons. The summed E-state index contributed by atoms with van der Waals surface area (Å²) >= 11 is 13.0. The summed E-state index contributed by atoms with van der Waals surface area (Å²) in [4.78, 5) is 4.83. The number of hydrogen-bond donors (Lipinski definition) is 1. The number of hydrogen-bond acceptors (Lipinski definition) is 3. The van der Waals surface area contributed by atoms with Gasteiger partial charge in [0.05, 0.1) is 4.88 Å². The van der Waals surface area contributed by atoms with Crippen molar-refractivity contribution in [1.29, 1.82) is 0 Å². The molecule has 1 N–H and O–H groups in total. The average molecular weight is 265 g/mol. The number of thiazole rings is 1. The smallest absolute Gasteiger partial charge is 0.185 e. The predicted molar refractivity (Wildman–Crippen MR) is 68.9 cm³/mol. The molecule has 2 nitrogen and oxygen atoms in total. The maximum Gasteiger partial charge on any atom is 0.185 e.